The molecule has 128 valence electrons. The zero-order valence-corrected chi connectivity index (χ0v) is 14.6. The van der Waals surface area contributed by atoms with E-state index in [0.717, 1.165) is 42.8 Å². The first-order valence-corrected chi connectivity index (χ1v) is 8.74. The minimum atomic E-state index is -0.833. The van der Waals surface area contributed by atoms with Crippen LogP contribution in [-0.2, 0) is 12.2 Å². The number of hydrogen-bond donors (Lipinski definition) is 1. The normalized spacial score (nSPS) is 21.2. The molecule has 0 bridgehead atoms. The molecule has 3 heteroatoms. The Balaban J connectivity index is 1.71. The van der Waals surface area contributed by atoms with E-state index in [9.17, 15) is 5.11 Å². The van der Waals surface area contributed by atoms with E-state index in [2.05, 4.69) is 24.1 Å². The van der Waals surface area contributed by atoms with Crippen LogP contribution in [0.15, 0.2) is 54.6 Å². The second-order valence-electron chi connectivity index (χ2n) is 7.05. The van der Waals surface area contributed by atoms with Gasteiger partial charge in [0.1, 0.15) is 12.4 Å². The van der Waals surface area contributed by atoms with Gasteiger partial charge in [-0.1, -0.05) is 42.5 Å². The molecule has 1 fully saturated rings. The fraction of sp³-hybridized carbons (Fsp3) is 0.429. The minimum absolute atomic E-state index is 0.251. The third-order valence-corrected chi connectivity index (χ3v) is 5.09. The largest absolute Gasteiger partial charge is 0.489 e. The lowest BCUT2D eigenvalue weighted by atomic mass is 9.78. The summed E-state index contributed by atoms with van der Waals surface area (Å²) in [5.41, 5.74) is 1.25. The molecule has 0 aliphatic carbocycles. The van der Waals surface area contributed by atoms with E-state index in [1.807, 2.05) is 49.4 Å². The Bertz CT molecular complexity index is 654. The van der Waals surface area contributed by atoms with Crippen molar-refractivity contribution in [2.75, 3.05) is 20.1 Å². The van der Waals surface area contributed by atoms with Gasteiger partial charge in [0.15, 0.2) is 0 Å². The van der Waals surface area contributed by atoms with Crippen LogP contribution in [0.5, 0.6) is 5.75 Å². The molecule has 1 aliphatic rings. The maximum absolute atomic E-state index is 11.2. The van der Waals surface area contributed by atoms with Gasteiger partial charge >= 0.3 is 0 Å². The predicted molar refractivity (Wildman–Crippen MR) is 97.0 cm³/mol. The summed E-state index contributed by atoms with van der Waals surface area (Å²) in [6.07, 6.45) is 2.20. The molecule has 1 aliphatic heterocycles. The Morgan fingerprint density at radius 1 is 1.17 bits per heavy atom. The van der Waals surface area contributed by atoms with Crippen molar-refractivity contribution in [1.82, 2.24) is 4.90 Å². The fourth-order valence-electron chi connectivity index (χ4n) is 3.50. The third-order valence-electron chi connectivity index (χ3n) is 5.09. The van der Waals surface area contributed by atoms with Crippen molar-refractivity contribution in [1.29, 1.82) is 0 Å². The Labute approximate surface area is 144 Å². The highest BCUT2D eigenvalue weighted by atomic mass is 16.5. The van der Waals surface area contributed by atoms with Crippen LogP contribution in [0.25, 0.3) is 0 Å². The molecule has 0 radical (unpaired) electrons. The Morgan fingerprint density at radius 3 is 2.71 bits per heavy atom. The van der Waals surface area contributed by atoms with Crippen LogP contribution >= 0.6 is 0 Å². The molecule has 0 spiro atoms. The highest BCUT2D eigenvalue weighted by molar-refractivity contribution is 5.33. The van der Waals surface area contributed by atoms with Crippen LogP contribution in [0.3, 0.4) is 0 Å². The van der Waals surface area contributed by atoms with Gasteiger partial charge < -0.3 is 14.7 Å². The average molecular weight is 325 g/mol. The molecule has 2 aromatic carbocycles. The van der Waals surface area contributed by atoms with Crippen molar-refractivity contribution in [3.05, 3.63) is 65.7 Å². The Hall–Kier alpha value is -1.84. The van der Waals surface area contributed by atoms with Gasteiger partial charge in [0.2, 0.25) is 0 Å². The molecule has 1 saturated heterocycles. The van der Waals surface area contributed by atoms with Gasteiger partial charge in [0, 0.05) is 12.5 Å². The summed E-state index contributed by atoms with van der Waals surface area (Å²) < 4.78 is 5.91. The number of hydrogen-bond acceptors (Lipinski definition) is 3. The van der Waals surface area contributed by atoms with Crippen molar-refractivity contribution in [3.63, 3.8) is 0 Å². The van der Waals surface area contributed by atoms with Crippen molar-refractivity contribution >= 4 is 0 Å². The molecular weight excluding hydrogens is 298 g/mol. The van der Waals surface area contributed by atoms with Crippen LogP contribution < -0.4 is 4.74 Å². The van der Waals surface area contributed by atoms with Gasteiger partial charge in [-0.15, -0.1) is 0 Å². The van der Waals surface area contributed by atoms with E-state index in [4.69, 9.17) is 4.74 Å². The summed E-state index contributed by atoms with van der Waals surface area (Å²) in [6.45, 7) is 4.53. The second-order valence-corrected chi connectivity index (χ2v) is 7.05. The van der Waals surface area contributed by atoms with E-state index in [0.29, 0.717) is 6.61 Å². The zero-order chi connectivity index (χ0) is 17.0. The molecule has 3 nitrogen and oxygen atoms in total. The van der Waals surface area contributed by atoms with Crippen LogP contribution in [0.4, 0.5) is 0 Å². The average Bonchev–Trinajstić information content (AvgIpc) is 2.61. The SMILES string of the molecule is CN1CCC[C@H]([C@@](C)(O)c2cccc(OCc3ccccc3)c2)C1. The van der Waals surface area contributed by atoms with Gasteiger partial charge in [-0.2, -0.15) is 0 Å². The summed E-state index contributed by atoms with van der Waals surface area (Å²) in [5, 5.41) is 11.2. The number of nitrogens with zero attached hydrogens (tertiary/aromatic N) is 1. The van der Waals surface area contributed by atoms with Crippen molar-refractivity contribution in [2.45, 2.75) is 32.0 Å². The van der Waals surface area contributed by atoms with Crippen LogP contribution in [0.2, 0.25) is 0 Å². The number of ether oxygens (including phenoxy) is 1. The quantitative estimate of drug-likeness (QED) is 0.907. The topological polar surface area (TPSA) is 32.7 Å². The predicted octanol–water partition coefficient (Wildman–Crippen LogP) is 3.81. The maximum Gasteiger partial charge on any atom is 0.120 e. The first kappa shape index (κ1) is 17.0. The number of rotatable bonds is 5. The summed E-state index contributed by atoms with van der Waals surface area (Å²) >= 11 is 0. The van der Waals surface area contributed by atoms with Crippen molar-refractivity contribution < 1.29 is 9.84 Å². The molecule has 0 aromatic heterocycles. The second kappa shape index (κ2) is 7.37. The molecule has 0 saturated carbocycles. The van der Waals surface area contributed by atoms with Gasteiger partial charge in [0.25, 0.3) is 0 Å². The lowest BCUT2D eigenvalue weighted by Crippen LogP contribution is -2.43. The molecule has 0 unspecified atom stereocenters. The lowest BCUT2D eigenvalue weighted by molar-refractivity contribution is -0.0341. The molecule has 24 heavy (non-hydrogen) atoms. The molecule has 1 N–H and O–H groups in total. The highest BCUT2D eigenvalue weighted by Crippen LogP contribution is 2.36. The van der Waals surface area contributed by atoms with Crippen LogP contribution in [0.1, 0.15) is 30.9 Å². The molecule has 0 amide bonds. The van der Waals surface area contributed by atoms with Gasteiger partial charge in [-0.05, 0) is 56.6 Å². The maximum atomic E-state index is 11.2. The monoisotopic (exact) mass is 325 g/mol. The van der Waals surface area contributed by atoms with Crippen LogP contribution in [-0.4, -0.2) is 30.1 Å². The van der Waals surface area contributed by atoms with Gasteiger partial charge in [-0.3, -0.25) is 0 Å². The van der Waals surface area contributed by atoms with E-state index in [1.165, 1.54) is 0 Å². The number of benzene rings is 2. The standard InChI is InChI=1S/C21H27NO2/c1-21(23,19-11-7-13-22(2)15-19)18-10-6-12-20(14-18)24-16-17-8-4-3-5-9-17/h3-6,8-10,12,14,19,23H,7,11,13,15-16H2,1-2H3/t19-,21-/m0/s1. The lowest BCUT2D eigenvalue weighted by Gasteiger charge is -2.39. The number of likely N-dealkylation sites (tertiary alicyclic amines) is 1. The first-order chi connectivity index (χ1) is 11.6. The number of aliphatic hydroxyl groups is 1. The minimum Gasteiger partial charge on any atom is -0.489 e. The molecule has 1 heterocycles. The molecule has 3 rings (SSSR count). The van der Waals surface area contributed by atoms with E-state index < -0.39 is 5.60 Å². The van der Waals surface area contributed by atoms with Gasteiger partial charge in [-0.25, -0.2) is 0 Å². The molecule has 2 aromatic rings. The number of piperidine rings is 1. The summed E-state index contributed by atoms with van der Waals surface area (Å²) in [4.78, 5) is 2.30. The first-order valence-electron chi connectivity index (χ1n) is 8.74. The third kappa shape index (κ3) is 3.97. The summed E-state index contributed by atoms with van der Waals surface area (Å²) in [5.74, 6) is 1.06. The molecule has 2 atom stereocenters. The van der Waals surface area contributed by atoms with E-state index >= 15 is 0 Å². The highest BCUT2D eigenvalue weighted by Gasteiger charge is 2.36. The Morgan fingerprint density at radius 2 is 1.96 bits per heavy atom. The van der Waals surface area contributed by atoms with Crippen molar-refractivity contribution in [2.24, 2.45) is 5.92 Å². The summed E-state index contributed by atoms with van der Waals surface area (Å²) in [6, 6.07) is 18.0. The fourth-order valence-corrected chi connectivity index (χ4v) is 3.50. The van der Waals surface area contributed by atoms with E-state index in [1.54, 1.807) is 0 Å². The molecular formula is C21H27NO2. The zero-order valence-electron chi connectivity index (χ0n) is 14.6. The summed E-state index contributed by atoms with van der Waals surface area (Å²) in [7, 11) is 2.13. The van der Waals surface area contributed by atoms with Crippen LogP contribution in [0, 0.1) is 5.92 Å². The van der Waals surface area contributed by atoms with Crippen molar-refractivity contribution in [3.8, 4) is 5.75 Å². The van der Waals surface area contributed by atoms with Gasteiger partial charge in [0.05, 0.1) is 5.60 Å². The smallest absolute Gasteiger partial charge is 0.120 e. The Kier molecular flexibility index (Phi) is 5.22. The van der Waals surface area contributed by atoms with E-state index in [-0.39, 0.29) is 5.92 Å².